The van der Waals surface area contributed by atoms with Crippen molar-refractivity contribution in [3.05, 3.63) is 12.0 Å². The van der Waals surface area contributed by atoms with Gasteiger partial charge < -0.3 is 19.9 Å². The number of rotatable bonds is 4. The van der Waals surface area contributed by atoms with Gasteiger partial charge in [0.1, 0.15) is 6.26 Å². The normalized spacial score (nSPS) is 14.8. The molecule has 14 heavy (non-hydrogen) atoms. The maximum atomic E-state index is 10.4. The lowest BCUT2D eigenvalue weighted by molar-refractivity contribution is 0.0690. The molecule has 0 aliphatic carbocycles. The zero-order valence-corrected chi connectivity index (χ0v) is 7.89. The Morgan fingerprint density at radius 2 is 2.29 bits per heavy atom. The fraction of sp³-hybridized carbons (Fsp3) is 0.500. The average Bonchev–Trinajstić information content (AvgIpc) is 2.52. The van der Waals surface area contributed by atoms with Crippen LogP contribution < -0.4 is 5.32 Å². The van der Waals surface area contributed by atoms with Crippen molar-refractivity contribution >= 4 is 12.0 Å². The van der Waals surface area contributed by atoms with Crippen molar-refractivity contribution in [3.8, 4) is 0 Å². The lowest BCUT2D eigenvalue weighted by atomic mass is 10.2. The van der Waals surface area contributed by atoms with Gasteiger partial charge in [-0.3, -0.25) is 0 Å². The van der Waals surface area contributed by atoms with Crippen molar-refractivity contribution in [1.29, 1.82) is 0 Å². The van der Waals surface area contributed by atoms with E-state index in [4.69, 9.17) is 14.6 Å². The minimum absolute atomic E-state index is 0.0933. The predicted molar refractivity (Wildman–Crippen MR) is 48.2 cm³/mol. The van der Waals surface area contributed by atoms with Crippen LogP contribution >= 0.6 is 0 Å². The third-order valence-electron chi connectivity index (χ3n) is 1.80. The molecule has 0 saturated heterocycles. The molecule has 0 fully saturated rings. The number of hydrogen-bond acceptors (Lipinski definition) is 5. The molecule has 1 heterocycles. The number of nitrogens with zero attached hydrogens (tertiary/aromatic N) is 1. The van der Waals surface area contributed by atoms with Gasteiger partial charge in [0.25, 0.3) is 6.01 Å². The van der Waals surface area contributed by atoms with Crippen LogP contribution in [-0.4, -0.2) is 33.3 Å². The summed E-state index contributed by atoms with van der Waals surface area (Å²) < 4.78 is 4.83. The summed E-state index contributed by atoms with van der Waals surface area (Å²) in [6.45, 7) is 3.34. The fourth-order valence-electron chi connectivity index (χ4n) is 0.754. The van der Waals surface area contributed by atoms with Gasteiger partial charge in [-0.05, 0) is 13.8 Å². The van der Waals surface area contributed by atoms with E-state index in [1.54, 1.807) is 13.8 Å². The van der Waals surface area contributed by atoms with E-state index < -0.39 is 12.1 Å². The van der Waals surface area contributed by atoms with Gasteiger partial charge in [-0.25, -0.2) is 4.79 Å². The van der Waals surface area contributed by atoms with Crippen molar-refractivity contribution in [2.75, 3.05) is 5.32 Å². The van der Waals surface area contributed by atoms with Crippen molar-refractivity contribution < 1.29 is 19.4 Å². The zero-order valence-electron chi connectivity index (χ0n) is 7.89. The van der Waals surface area contributed by atoms with E-state index >= 15 is 0 Å². The van der Waals surface area contributed by atoms with Gasteiger partial charge in [0.2, 0.25) is 0 Å². The highest BCUT2D eigenvalue weighted by Gasteiger charge is 2.14. The Kier molecular flexibility index (Phi) is 3.08. The molecule has 0 amide bonds. The van der Waals surface area contributed by atoms with Gasteiger partial charge in [-0.1, -0.05) is 0 Å². The molecule has 6 nitrogen and oxygen atoms in total. The van der Waals surface area contributed by atoms with Crippen LogP contribution in [0.2, 0.25) is 0 Å². The summed E-state index contributed by atoms with van der Waals surface area (Å²) in [7, 11) is 0. The summed E-state index contributed by atoms with van der Waals surface area (Å²) in [6, 6.07) is -0.161. The van der Waals surface area contributed by atoms with Crippen molar-refractivity contribution in [1.82, 2.24) is 4.98 Å². The minimum atomic E-state index is -1.15. The van der Waals surface area contributed by atoms with E-state index in [0.29, 0.717) is 0 Å². The molecule has 1 rings (SSSR count). The summed E-state index contributed by atoms with van der Waals surface area (Å²) in [5.41, 5.74) is -0.162. The number of aliphatic hydroxyl groups excluding tert-OH is 1. The second-order valence-corrected chi connectivity index (χ2v) is 3.02. The number of anilines is 1. The molecule has 0 radical (unpaired) electrons. The molecular weight excluding hydrogens is 188 g/mol. The molecule has 0 bridgehead atoms. The van der Waals surface area contributed by atoms with Crippen LogP contribution in [-0.2, 0) is 0 Å². The second kappa shape index (κ2) is 4.10. The number of carbonyl (C=O) groups is 1. The number of carboxylic acids is 1. The van der Waals surface area contributed by atoms with E-state index in [9.17, 15) is 4.79 Å². The number of carboxylic acid groups (broad SMARTS) is 1. The lowest BCUT2D eigenvalue weighted by Gasteiger charge is -2.14. The molecule has 0 aromatic carbocycles. The summed E-state index contributed by atoms with van der Waals surface area (Å²) in [6.07, 6.45) is 0.467. The molecule has 2 atom stereocenters. The number of nitrogens with one attached hydrogen (secondary N) is 1. The van der Waals surface area contributed by atoms with Gasteiger partial charge in [0, 0.05) is 0 Å². The Labute approximate surface area is 80.6 Å². The second-order valence-electron chi connectivity index (χ2n) is 3.02. The van der Waals surface area contributed by atoms with Crippen LogP contribution in [0.3, 0.4) is 0 Å². The van der Waals surface area contributed by atoms with E-state index in [2.05, 4.69) is 10.3 Å². The van der Waals surface area contributed by atoms with Gasteiger partial charge in [-0.2, -0.15) is 4.98 Å². The average molecular weight is 200 g/mol. The highest BCUT2D eigenvalue weighted by molar-refractivity contribution is 5.85. The van der Waals surface area contributed by atoms with Gasteiger partial charge in [-0.15, -0.1) is 0 Å². The zero-order chi connectivity index (χ0) is 10.7. The predicted octanol–water partition coefficient (Wildman–Crippen LogP) is 0.554. The Hall–Kier alpha value is -1.56. The molecule has 0 spiro atoms. The van der Waals surface area contributed by atoms with E-state index in [-0.39, 0.29) is 17.8 Å². The van der Waals surface area contributed by atoms with Crippen molar-refractivity contribution in [3.63, 3.8) is 0 Å². The molecule has 6 heteroatoms. The van der Waals surface area contributed by atoms with Gasteiger partial charge >= 0.3 is 5.97 Å². The topological polar surface area (TPSA) is 95.6 Å². The molecule has 0 aliphatic rings. The maximum absolute atomic E-state index is 10.4. The van der Waals surface area contributed by atoms with Crippen molar-refractivity contribution in [2.24, 2.45) is 0 Å². The monoisotopic (exact) mass is 200 g/mol. The van der Waals surface area contributed by atoms with Gasteiger partial charge in [0.15, 0.2) is 5.69 Å². The molecule has 1 aromatic heterocycles. The molecule has 0 saturated carbocycles. The number of aromatic carboxylic acids is 1. The molecule has 78 valence electrons. The third kappa shape index (κ3) is 2.46. The number of aliphatic hydroxyl groups is 1. The Morgan fingerprint density at radius 1 is 1.64 bits per heavy atom. The summed E-state index contributed by atoms with van der Waals surface area (Å²) in [4.78, 5) is 14.1. The van der Waals surface area contributed by atoms with Crippen LogP contribution in [0.15, 0.2) is 10.7 Å². The van der Waals surface area contributed by atoms with E-state index in [0.717, 1.165) is 6.26 Å². The van der Waals surface area contributed by atoms with E-state index in [1.807, 2.05) is 0 Å². The first-order valence-corrected chi connectivity index (χ1v) is 4.14. The van der Waals surface area contributed by atoms with Crippen molar-refractivity contribution in [2.45, 2.75) is 26.0 Å². The third-order valence-corrected chi connectivity index (χ3v) is 1.80. The maximum Gasteiger partial charge on any atom is 0.357 e. The number of aromatic nitrogens is 1. The highest BCUT2D eigenvalue weighted by atomic mass is 16.4. The standard InChI is InChI=1S/C8H12N2O4/c1-4(5(2)11)9-8-10-6(3-14-8)7(12)13/h3-5,11H,1-2H3,(H,9,10)(H,12,13). The summed E-state index contributed by atoms with van der Waals surface area (Å²) in [5.74, 6) is -1.15. The Bertz CT molecular complexity index is 321. The molecule has 3 N–H and O–H groups in total. The first-order chi connectivity index (χ1) is 6.50. The van der Waals surface area contributed by atoms with Crippen LogP contribution in [0, 0.1) is 0 Å². The Morgan fingerprint density at radius 3 is 2.71 bits per heavy atom. The fourth-order valence-corrected chi connectivity index (χ4v) is 0.754. The summed E-state index contributed by atoms with van der Waals surface area (Å²) in [5, 5.41) is 20.4. The number of oxazole rings is 1. The minimum Gasteiger partial charge on any atom is -0.476 e. The SMILES string of the molecule is CC(O)C(C)Nc1nc(C(=O)O)co1. The molecule has 0 aliphatic heterocycles. The highest BCUT2D eigenvalue weighted by Crippen LogP contribution is 2.09. The lowest BCUT2D eigenvalue weighted by Crippen LogP contribution is -2.27. The van der Waals surface area contributed by atoms with Gasteiger partial charge in [0.05, 0.1) is 12.1 Å². The van der Waals surface area contributed by atoms with E-state index in [1.165, 1.54) is 0 Å². The van der Waals surface area contributed by atoms with Crippen LogP contribution in [0.5, 0.6) is 0 Å². The number of hydrogen-bond donors (Lipinski definition) is 3. The van der Waals surface area contributed by atoms with Crippen LogP contribution in [0.1, 0.15) is 24.3 Å². The molecule has 1 aromatic rings. The molecule has 2 unspecified atom stereocenters. The van der Waals surface area contributed by atoms with Crippen LogP contribution in [0.4, 0.5) is 6.01 Å². The first kappa shape index (κ1) is 10.5. The summed E-state index contributed by atoms with van der Waals surface area (Å²) >= 11 is 0. The quantitative estimate of drug-likeness (QED) is 0.657. The Balaban J connectivity index is 2.64. The van der Waals surface area contributed by atoms with Crippen LogP contribution in [0.25, 0.3) is 0 Å². The first-order valence-electron chi connectivity index (χ1n) is 4.14. The smallest absolute Gasteiger partial charge is 0.357 e. The molecular formula is C8H12N2O4. The largest absolute Gasteiger partial charge is 0.476 e.